The summed E-state index contributed by atoms with van der Waals surface area (Å²) in [5.74, 6) is 0.278. The maximum Gasteiger partial charge on any atom is 0.242 e. The summed E-state index contributed by atoms with van der Waals surface area (Å²) in [4.78, 5) is 0.221. The molecule has 1 aromatic heterocycles. The van der Waals surface area contributed by atoms with Crippen LogP contribution in [0.4, 0.5) is 0 Å². The summed E-state index contributed by atoms with van der Waals surface area (Å²) in [7, 11) is -0.193. The summed E-state index contributed by atoms with van der Waals surface area (Å²) in [5, 5.41) is 0. The number of aryl methyl sites for hydroxylation is 1. The summed E-state index contributed by atoms with van der Waals surface area (Å²) in [6, 6.07) is 1.56. The fraction of sp³-hybridized carbons (Fsp3) is 0.600. The van der Waals surface area contributed by atoms with Crippen molar-refractivity contribution in [2.24, 2.45) is 7.05 Å². The van der Waals surface area contributed by atoms with Crippen LogP contribution in [0.2, 0.25) is 0 Å². The highest BCUT2D eigenvalue weighted by molar-refractivity contribution is 7.89. The predicted octanol–water partition coefficient (Wildman–Crippen LogP) is 1.08. The van der Waals surface area contributed by atoms with Crippen LogP contribution < -0.4 is 4.72 Å². The van der Waals surface area contributed by atoms with Crippen molar-refractivity contribution in [1.82, 2.24) is 9.29 Å². The Morgan fingerprint density at radius 2 is 2.24 bits per heavy atom. The van der Waals surface area contributed by atoms with Gasteiger partial charge in [0.25, 0.3) is 0 Å². The molecule has 1 heterocycles. The van der Waals surface area contributed by atoms with Crippen LogP contribution in [0.3, 0.4) is 0 Å². The second-order valence-corrected chi connectivity index (χ2v) is 5.84. The van der Waals surface area contributed by atoms with Gasteiger partial charge < -0.3 is 9.30 Å². The SMILES string of the molecule is COC(C)CNS(=O)(=O)c1cc(CCl)n(C)c1. The second kappa shape index (κ2) is 5.86. The molecule has 0 radical (unpaired) electrons. The maximum absolute atomic E-state index is 11.9. The highest BCUT2D eigenvalue weighted by atomic mass is 35.5. The number of nitrogens with zero attached hydrogens (tertiary/aromatic N) is 1. The molecular weight excluding hydrogens is 264 g/mol. The normalized spacial score (nSPS) is 13.9. The van der Waals surface area contributed by atoms with E-state index >= 15 is 0 Å². The summed E-state index contributed by atoms with van der Waals surface area (Å²) in [6.45, 7) is 2.03. The zero-order chi connectivity index (χ0) is 13.1. The molecule has 0 saturated heterocycles. The first-order valence-corrected chi connectivity index (χ1v) is 7.16. The number of rotatable bonds is 6. The van der Waals surface area contributed by atoms with Gasteiger partial charge in [-0.2, -0.15) is 0 Å². The molecule has 1 unspecified atom stereocenters. The Balaban J connectivity index is 2.82. The number of nitrogens with one attached hydrogen (secondary N) is 1. The lowest BCUT2D eigenvalue weighted by atomic mass is 10.4. The van der Waals surface area contributed by atoms with Crippen LogP contribution in [0.1, 0.15) is 12.6 Å². The van der Waals surface area contributed by atoms with Gasteiger partial charge in [-0.15, -0.1) is 11.6 Å². The van der Waals surface area contributed by atoms with Gasteiger partial charge in [0.05, 0.1) is 16.9 Å². The van der Waals surface area contributed by atoms with E-state index in [4.69, 9.17) is 16.3 Å². The molecule has 0 amide bonds. The Morgan fingerprint density at radius 1 is 1.59 bits per heavy atom. The summed E-state index contributed by atoms with van der Waals surface area (Å²) >= 11 is 5.69. The second-order valence-electron chi connectivity index (χ2n) is 3.81. The Morgan fingerprint density at radius 3 is 2.71 bits per heavy atom. The third-order valence-corrected chi connectivity index (χ3v) is 4.16. The maximum atomic E-state index is 11.9. The van der Waals surface area contributed by atoms with Crippen LogP contribution >= 0.6 is 11.6 Å². The molecule has 0 saturated carbocycles. The van der Waals surface area contributed by atoms with Gasteiger partial charge in [-0.25, -0.2) is 13.1 Å². The zero-order valence-corrected chi connectivity index (χ0v) is 11.7. The number of ether oxygens (including phenoxy) is 1. The Labute approximate surface area is 107 Å². The molecule has 1 rings (SSSR count). The van der Waals surface area contributed by atoms with Crippen LogP contribution in [0.25, 0.3) is 0 Å². The van der Waals surface area contributed by atoms with Gasteiger partial charge in [0.15, 0.2) is 0 Å². The number of alkyl halides is 1. The van der Waals surface area contributed by atoms with E-state index in [1.807, 2.05) is 0 Å². The van der Waals surface area contributed by atoms with Crippen LogP contribution in [-0.4, -0.2) is 32.7 Å². The smallest absolute Gasteiger partial charge is 0.242 e. The van der Waals surface area contributed by atoms with Gasteiger partial charge in [0.1, 0.15) is 0 Å². The van der Waals surface area contributed by atoms with E-state index in [2.05, 4.69) is 4.72 Å². The van der Waals surface area contributed by atoms with Crippen LogP contribution in [0.5, 0.6) is 0 Å². The van der Waals surface area contributed by atoms with E-state index in [1.54, 1.807) is 24.6 Å². The standard InChI is InChI=1S/C10H17ClN2O3S/c1-8(16-3)6-12-17(14,15)10-4-9(5-11)13(2)7-10/h4,7-8,12H,5-6H2,1-3H3. The van der Waals surface area contributed by atoms with Crippen molar-refractivity contribution in [2.75, 3.05) is 13.7 Å². The Kier molecular flexibility index (Phi) is 5.00. The zero-order valence-electron chi connectivity index (χ0n) is 10.1. The summed E-state index contributed by atoms with van der Waals surface area (Å²) < 4.78 is 33.0. The third kappa shape index (κ3) is 3.70. The average Bonchev–Trinajstić information content (AvgIpc) is 2.68. The number of hydrogen-bond acceptors (Lipinski definition) is 3. The lowest BCUT2D eigenvalue weighted by Crippen LogP contribution is -2.31. The lowest BCUT2D eigenvalue weighted by Gasteiger charge is -2.10. The van der Waals surface area contributed by atoms with Gasteiger partial charge in [-0.3, -0.25) is 0 Å². The number of aromatic nitrogens is 1. The van der Waals surface area contributed by atoms with Gasteiger partial charge >= 0.3 is 0 Å². The Bertz CT molecular complexity index is 470. The van der Waals surface area contributed by atoms with Crippen molar-refractivity contribution in [2.45, 2.75) is 23.8 Å². The summed E-state index contributed by atoms with van der Waals surface area (Å²) in [5.41, 5.74) is 0.756. The van der Waals surface area contributed by atoms with Crippen LogP contribution in [0, 0.1) is 0 Å². The monoisotopic (exact) mass is 280 g/mol. The minimum absolute atomic E-state index is 0.166. The molecular formula is C10H17ClN2O3S. The lowest BCUT2D eigenvalue weighted by molar-refractivity contribution is 0.122. The number of halogens is 1. The van der Waals surface area contributed by atoms with Crippen molar-refractivity contribution in [1.29, 1.82) is 0 Å². The van der Waals surface area contributed by atoms with E-state index in [0.717, 1.165) is 5.69 Å². The van der Waals surface area contributed by atoms with E-state index < -0.39 is 10.0 Å². The van der Waals surface area contributed by atoms with Crippen molar-refractivity contribution >= 4 is 21.6 Å². The molecule has 0 aromatic carbocycles. The minimum Gasteiger partial charge on any atom is -0.380 e. The molecule has 0 spiro atoms. The van der Waals surface area contributed by atoms with E-state index in [1.165, 1.54) is 13.3 Å². The number of methoxy groups -OCH3 is 1. The quantitative estimate of drug-likeness (QED) is 0.793. The molecule has 1 atom stereocenters. The van der Waals surface area contributed by atoms with Gasteiger partial charge in [0.2, 0.25) is 10.0 Å². The average molecular weight is 281 g/mol. The number of sulfonamides is 1. The molecule has 0 aliphatic heterocycles. The van der Waals surface area contributed by atoms with E-state index in [9.17, 15) is 8.42 Å². The molecule has 1 aromatic rings. The highest BCUT2D eigenvalue weighted by Gasteiger charge is 2.17. The van der Waals surface area contributed by atoms with Crippen LogP contribution in [-0.2, 0) is 27.7 Å². The fourth-order valence-electron chi connectivity index (χ4n) is 1.25. The van der Waals surface area contributed by atoms with Crippen molar-refractivity contribution in [3.8, 4) is 0 Å². The van der Waals surface area contributed by atoms with Crippen molar-refractivity contribution in [3.05, 3.63) is 18.0 Å². The molecule has 0 bridgehead atoms. The first-order valence-electron chi connectivity index (χ1n) is 5.14. The van der Waals surface area contributed by atoms with Crippen LogP contribution in [0.15, 0.2) is 17.2 Å². The molecule has 5 nitrogen and oxygen atoms in total. The first-order chi connectivity index (χ1) is 7.90. The van der Waals surface area contributed by atoms with Gasteiger partial charge in [0, 0.05) is 32.6 Å². The molecule has 0 aliphatic rings. The largest absolute Gasteiger partial charge is 0.380 e. The third-order valence-electron chi connectivity index (χ3n) is 2.49. The van der Waals surface area contributed by atoms with E-state index in [0.29, 0.717) is 0 Å². The van der Waals surface area contributed by atoms with Crippen molar-refractivity contribution in [3.63, 3.8) is 0 Å². The summed E-state index contributed by atoms with van der Waals surface area (Å²) in [6.07, 6.45) is 1.37. The number of hydrogen-bond donors (Lipinski definition) is 1. The topological polar surface area (TPSA) is 60.3 Å². The van der Waals surface area contributed by atoms with Crippen molar-refractivity contribution < 1.29 is 13.2 Å². The molecule has 0 aliphatic carbocycles. The predicted molar refractivity (Wildman–Crippen MR) is 66.6 cm³/mol. The molecule has 1 N–H and O–H groups in total. The van der Waals surface area contributed by atoms with E-state index in [-0.39, 0.29) is 23.4 Å². The Hall–Kier alpha value is -0.560. The highest BCUT2D eigenvalue weighted by Crippen LogP contribution is 2.14. The molecule has 17 heavy (non-hydrogen) atoms. The minimum atomic E-state index is -3.49. The fourth-order valence-corrected chi connectivity index (χ4v) is 2.73. The first kappa shape index (κ1) is 14.5. The molecule has 98 valence electrons. The molecule has 0 fully saturated rings. The van der Waals surface area contributed by atoms with Gasteiger partial charge in [-0.05, 0) is 13.0 Å². The molecule has 7 heteroatoms. The van der Waals surface area contributed by atoms with Gasteiger partial charge in [-0.1, -0.05) is 0 Å².